The van der Waals surface area contributed by atoms with Crippen molar-refractivity contribution in [3.63, 3.8) is 0 Å². The summed E-state index contributed by atoms with van der Waals surface area (Å²) in [5.74, 6) is 0. The van der Waals surface area contributed by atoms with Gasteiger partial charge in [0.25, 0.3) is 0 Å². The Morgan fingerprint density at radius 1 is 1.00 bits per heavy atom. The van der Waals surface area contributed by atoms with E-state index in [1.54, 1.807) is 41.7 Å². The monoisotopic (exact) mass is 545 g/mol. The van der Waals surface area contributed by atoms with Crippen molar-refractivity contribution >= 4 is 65.6 Å². The Labute approximate surface area is 198 Å². The zero-order valence-corrected chi connectivity index (χ0v) is 20.5. The summed E-state index contributed by atoms with van der Waals surface area (Å²) in [6.07, 6.45) is 0.648. The molecule has 0 unspecified atom stereocenters. The Morgan fingerprint density at radius 3 is 2.27 bits per heavy atom. The summed E-state index contributed by atoms with van der Waals surface area (Å²) in [7, 11) is -3.48. The molecule has 5 nitrogen and oxygen atoms in total. The first-order valence-corrected chi connectivity index (χ1v) is 13.1. The van der Waals surface area contributed by atoms with E-state index in [0.29, 0.717) is 47.5 Å². The van der Waals surface area contributed by atoms with Gasteiger partial charge in [-0.2, -0.15) is 4.31 Å². The van der Waals surface area contributed by atoms with Gasteiger partial charge in [0.05, 0.1) is 10.6 Å². The summed E-state index contributed by atoms with van der Waals surface area (Å²) >= 11 is 17.1. The molecule has 0 amide bonds. The van der Waals surface area contributed by atoms with Crippen LogP contribution >= 0.6 is 50.5 Å². The standard InChI is InChI=1S/C20H18BrCl2N3O2S2/c21-15-1-3-19(4-2-15)30(27,28)26-7-5-25(6-8-26)20-24-18(13-29-20)11-14-9-16(22)12-17(23)10-14/h1-4,9-10,12-13H,5-8,11H2. The highest BCUT2D eigenvalue weighted by molar-refractivity contribution is 9.10. The maximum absolute atomic E-state index is 12.9. The fraction of sp³-hybridized carbons (Fsp3) is 0.250. The fourth-order valence-electron chi connectivity index (χ4n) is 3.32. The number of nitrogens with zero attached hydrogens (tertiary/aromatic N) is 3. The molecule has 1 saturated heterocycles. The van der Waals surface area contributed by atoms with Gasteiger partial charge in [-0.05, 0) is 48.0 Å². The number of hydrogen-bond donors (Lipinski definition) is 0. The Balaban J connectivity index is 1.40. The molecule has 0 spiro atoms. The lowest BCUT2D eigenvalue weighted by Crippen LogP contribution is -2.48. The number of benzene rings is 2. The molecular weight excluding hydrogens is 529 g/mol. The number of anilines is 1. The van der Waals surface area contributed by atoms with Gasteiger partial charge < -0.3 is 4.90 Å². The van der Waals surface area contributed by atoms with Crippen LogP contribution in [0.15, 0.2) is 57.2 Å². The van der Waals surface area contributed by atoms with Gasteiger partial charge in [-0.3, -0.25) is 0 Å². The predicted molar refractivity (Wildman–Crippen MR) is 126 cm³/mol. The highest BCUT2D eigenvalue weighted by atomic mass is 79.9. The third-order valence-corrected chi connectivity index (χ3v) is 8.64. The van der Waals surface area contributed by atoms with Crippen molar-refractivity contribution in [1.82, 2.24) is 9.29 Å². The minimum Gasteiger partial charge on any atom is -0.345 e. The van der Waals surface area contributed by atoms with E-state index in [1.807, 2.05) is 17.5 Å². The van der Waals surface area contributed by atoms with Crippen LogP contribution in [0.3, 0.4) is 0 Å². The van der Waals surface area contributed by atoms with Crippen molar-refractivity contribution in [2.75, 3.05) is 31.1 Å². The van der Waals surface area contributed by atoms with E-state index in [4.69, 9.17) is 28.2 Å². The lowest BCUT2D eigenvalue weighted by atomic mass is 10.1. The van der Waals surface area contributed by atoms with Gasteiger partial charge in [0.1, 0.15) is 0 Å². The third-order valence-electron chi connectivity index (χ3n) is 4.81. The highest BCUT2D eigenvalue weighted by Crippen LogP contribution is 2.27. The summed E-state index contributed by atoms with van der Waals surface area (Å²) in [4.78, 5) is 7.18. The van der Waals surface area contributed by atoms with Crippen LogP contribution in [0.25, 0.3) is 0 Å². The highest BCUT2D eigenvalue weighted by Gasteiger charge is 2.29. The summed E-state index contributed by atoms with van der Waals surface area (Å²) in [6.45, 7) is 2.06. The molecule has 0 atom stereocenters. The summed E-state index contributed by atoms with van der Waals surface area (Å²) < 4.78 is 28.1. The second kappa shape index (κ2) is 9.14. The molecule has 10 heteroatoms. The molecule has 2 heterocycles. The Bertz CT molecular complexity index is 1120. The maximum Gasteiger partial charge on any atom is 0.243 e. The van der Waals surface area contributed by atoms with Crippen molar-refractivity contribution in [3.05, 3.63) is 73.6 Å². The quantitative estimate of drug-likeness (QED) is 0.435. The second-order valence-corrected chi connectivity index (χ2v) is 11.5. The molecule has 2 aromatic carbocycles. The largest absolute Gasteiger partial charge is 0.345 e. The number of sulfonamides is 1. The molecule has 0 aliphatic carbocycles. The molecule has 0 radical (unpaired) electrons. The first-order valence-electron chi connectivity index (χ1n) is 9.21. The number of aromatic nitrogens is 1. The van der Waals surface area contributed by atoms with Crippen LogP contribution in [0.1, 0.15) is 11.3 Å². The lowest BCUT2D eigenvalue weighted by molar-refractivity contribution is 0.384. The molecule has 0 N–H and O–H groups in total. The second-order valence-electron chi connectivity index (χ2n) is 6.92. The zero-order chi connectivity index (χ0) is 21.3. The van der Waals surface area contributed by atoms with E-state index in [0.717, 1.165) is 20.9 Å². The summed E-state index contributed by atoms with van der Waals surface area (Å²) in [5.41, 5.74) is 1.95. The average molecular weight is 547 g/mol. The van der Waals surface area contributed by atoms with E-state index >= 15 is 0 Å². The molecule has 0 saturated carbocycles. The first-order chi connectivity index (χ1) is 14.3. The number of rotatable bonds is 5. The van der Waals surface area contributed by atoms with Gasteiger partial charge in [-0.15, -0.1) is 11.3 Å². The molecule has 1 aromatic heterocycles. The minimum absolute atomic E-state index is 0.316. The number of halogens is 3. The van der Waals surface area contributed by atoms with Crippen molar-refractivity contribution < 1.29 is 8.42 Å². The van der Waals surface area contributed by atoms with Crippen LogP contribution in [0.2, 0.25) is 10.0 Å². The van der Waals surface area contributed by atoms with Crippen LogP contribution in [-0.4, -0.2) is 43.9 Å². The molecule has 1 aliphatic heterocycles. The van der Waals surface area contributed by atoms with Gasteiger partial charge in [0, 0.05) is 52.5 Å². The molecule has 1 aliphatic rings. The van der Waals surface area contributed by atoms with E-state index in [1.165, 1.54) is 4.31 Å². The molecule has 0 bridgehead atoms. The predicted octanol–water partition coefficient (Wildman–Crippen LogP) is 5.31. The molecule has 3 aromatic rings. The van der Waals surface area contributed by atoms with Crippen molar-refractivity contribution in [1.29, 1.82) is 0 Å². The Kier molecular flexibility index (Phi) is 6.72. The normalized spacial score (nSPS) is 15.5. The van der Waals surface area contributed by atoms with Crippen LogP contribution < -0.4 is 4.90 Å². The average Bonchev–Trinajstić information content (AvgIpc) is 3.16. The zero-order valence-electron chi connectivity index (χ0n) is 15.8. The molecule has 30 heavy (non-hydrogen) atoms. The molecule has 158 valence electrons. The van der Waals surface area contributed by atoms with Crippen molar-refractivity contribution in [2.24, 2.45) is 0 Å². The van der Waals surface area contributed by atoms with Crippen molar-refractivity contribution in [2.45, 2.75) is 11.3 Å². The van der Waals surface area contributed by atoms with Crippen LogP contribution in [0.4, 0.5) is 5.13 Å². The number of piperazine rings is 1. The molecule has 4 rings (SSSR count). The molecule has 1 fully saturated rings. The Hall–Kier alpha value is -1.16. The van der Waals surface area contributed by atoms with Gasteiger partial charge >= 0.3 is 0 Å². The Morgan fingerprint density at radius 2 is 1.63 bits per heavy atom. The van der Waals surface area contributed by atoms with Gasteiger partial charge in [-0.25, -0.2) is 13.4 Å². The third kappa shape index (κ3) is 5.00. The smallest absolute Gasteiger partial charge is 0.243 e. The fourth-order valence-corrected chi connectivity index (χ4v) is 6.46. The number of hydrogen-bond acceptors (Lipinski definition) is 5. The van der Waals surface area contributed by atoms with Gasteiger partial charge in [0.2, 0.25) is 10.0 Å². The van der Waals surface area contributed by atoms with Gasteiger partial charge in [-0.1, -0.05) is 39.1 Å². The van der Waals surface area contributed by atoms with E-state index in [9.17, 15) is 8.42 Å². The minimum atomic E-state index is -3.48. The summed E-state index contributed by atoms with van der Waals surface area (Å²) in [6, 6.07) is 12.2. The lowest BCUT2D eigenvalue weighted by Gasteiger charge is -2.33. The molecular formula is C20H18BrCl2N3O2S2. The van der Waals surface area contributed by atoms with Crippen LogP contribution in [0.5, 0.6) is 0 Å². The maximum atomic E-state index is 12.9. The van der Waals surface area contributed by atoms with Crippen LogP contribution in [0, 0.1) is 0 Å². The van der Waals surface area contributed by atoms with Gasteiger partial charge in [0.15, 0.2) is 5.13 Å². The SMILES string of the molecule is O=S(=O)(c1ccc(Br)cc1)N1CCN(c2nc(Cc3cc(Cl)cc(Cl)c3)cs2)CC1. The van der Waals surface area contributed by atoms with Crippen molar-refractivity contribution in [3.8, 4) is 0 Å². The van der Waals surface area contributed by atoms with E-state index < -0.39 is 10.0 Å². The first kappa shape index (κ1) is 22.0. The van der Waals surface area contributed by atoms with E-state index in [-0.39, 0.29) is 0 Å². The summed E-state index contributed by atoms with van der Waals surface area (Å²) in [5, 5.41) is 4.14. The van der Waals surface area contributed by atoms with Crippen LogP contribution in [-0.2, 0) is 16.4 Å². The van der Waals surface area contributed by atoms with E-state index in [2.05, 4.69) is 20.8 Å². The number of thiazole rings is 1. The topological polar surface area (TPSA) is 53.5 Å².